The fourth-order valence-corrected chi connectivity index (χ4v) is 2.38. The molecule has 3 heteroatoms. The van der Waals surface area contributed by atoms with Gasteiger partial charge >= 0.3 is 0 Å². The third kappa shape index (κ3) is 2.14. The summed E-state index contributed by atoms with van der Waals surface area (Å²) < 4.78 is 0. The molecule has 4 N–H and O–H groups in total. The number of benzene rings is 1. The molecule has 1 aromatic carbocycles. The Hall–Kier alpha value is -1.74. The Bertz CT molecular complexity index is 489. The number of rotatable bonds is 3. The predicted molar refractivity (Wildman–Crippen MR) is 78.8 cm³/mol. The summed E-state index contributed by atoms with van der Waals surface area (Å²) in [7, 11) is 4.06. The standard InChI is InChI=1S/C15H21N3/c1-18(2)12-6-7-14(17)13(10-12)15(11-16)8-4-3-5-9-15/h3-8,10H,9,11,16-17H2,1-2H3. The van der Waals surface area contributed by atoms with Crippen LogP contribution in [0.1, 0.15) is 12.0 Å². The Morgan fingerprint density at radius 2 is 2.06 bits per heavy atom. The fraction of sp³-hybridized carbons (Fsp3) is 0.333. The van der Waals surface area contributed by atoms with Gasteiger partial charge in [-0.1, -0.05) is 24.3 Å². The maximum absolute atomic E-state index is 6.15. The molecule has 96 valence electrons. The van der Waals surface area contributed by atoms with Gasteiger partial charge in [-0.15, -0.1) is 0 Å². The molecule has 3 nitrogen and oxygen atoms in total. The highest BCUT2D eigenvalue weighted by atomic mass is 15.1. The number of hydrogen-bond acceptors (Lipinski definition) is 3. The van der Waals surface area contributed by atoms with E-state index < -0.39 is 0 Å². The number of nitrogens with zero attached hydrogens (tertiary/aromatic N) is 1. The molecule has 2 rings (SSSR count). The molecule has 0 saturated carbocycles. The van der Waals surface area contributed by atoms with E-state index in [9.17, 15) is 0 Å². The van der Waals surface area contributed by atoms with Crippen LogP contribution >= 0.6 is 0 Å². The van der Waals surface area contributed by atoms with Gasteiger partial charge in [-0.05, 0) is 30.2 Å². The van der Waals surface area contributed by atoms with Crippen LogP contribution in [0.15, 0.2) is 42.5 Å². The molecule has 18 heavy (non-hydrogen) atoms. The normalized spacial score (nSPS) is 22.2. The molecule has 0 aliphatic heterocycles. The van der Waals surface area contributed by atoms with E-state index >= 15 is 0 Å². The zero-order valence-electron chi connectivity index (χ0n) is 11.1. The smallest absolute Gasteiger partial charge is 0.0365 e. The molecule has 0 saturated heterocycles. The SMILES string of the molecule is CN(C)c1ccc(N)c(C2(CN)C=CC=CC2)c1. The van der Waals surface area contributed by atoms with Crippen LogP contribution in [0.3, 0.4) is 0 Å². The maximum Gasteiger partial charge on any atom is 0.0365 e. The first kappa shape index (κ1) is 12.7. The average Bonchev–Trinajstić information content (AvgIpc) is 2.39. The summed E-state index contributed by atoms with van der Waals surface area (Å²) in [5.74, 6) is 0. The first-order valence-electron chi connectivity index (χ1n) is 6.21. The van der Waals surface area contributed by atoms with Gasteiger partial charge in [0, 0.05) is 37.4 Å². The van der Waals surface area contributed by atoms with E-state index in [0.717, 1.165) is 23.4 Å². The minimum Gasteiger partial charge on any atom is -0.398 e. The largest absolute Gasteiger partial charge is 0.398 e. The van der Waals surface area contributed by atoms with Crippen molar-refractivity contribution in [2.45, 2.75) is 11.8 Å². The number of allylic oxidation sites excluding steroid dienone is 3. The predicted octanol–water partition coefficient (Wildman–Crippen LogP) is 2.05. The van der Waals surface area contributed by atoms with Crippen LogP contribution in [0.2, 0.25) is 0 Å². The summed E-state index contributed by atoms with van der Waals surface area (Å²) in [6.07, 6.45) is 9.33. The van der Waals surface area contributed by atoms with Crippen molar-refractivity contribution in [2.24, 2.45) is 5.73 Å². The van der Waals surface area contributed by atoms with Gasteiger partial charge in [-0.25, -0.2) is 0 Å². The van der Waals surface area contributed by atoms with Crippen molar-refractivity contribution in [3.05, 3.63) is 48.1 Å². The lowest BCUT2D eigenvalue weighted by atomic mass is 9.74. The Balaban J connectivity index is 2.51. The van der Waals surface area contributed by atoms with Crippen LogP contribution in [0.4, 0.5) is 11.4 Å². The average molecular weight is 243 g/mol. The van der Waals surface area contributed by atoms with Crippen molar-refractivity contribution in [3.8, 4) is 0 Å². The Kier molecular flexibility index (Phi) is 3.43. The number of hydrogen-bond donors (Lipinski definition) is 2. The van der Waals surface area contributed by atoms with Gasteiger partial charge in [0.1, 0.15) is 0 Å². The molecule has 0 amide bonds. The van der Waals surface area contributed by atoms with Crippen molar-refractivity contribution in [3.63, 3.8) is 0 Å². The Morgan fingerprint density at radius 1 is 1.28 bits per heavy atom. The van der Waals surface area contributed by atoms with Crippen LogP contribution in [0, 0.1) is 0 Å². The summed E-state index contributed by atoms with van der Waals surface area (Å²) in [4.78, 5) is 2.08. The molecule has 1 unspecified atom stereocenters. The van der Waals surface area contributed by atoms with Gasteiger partial charge < -0.3 is 16.4 Å². The number of nitrogen functional groups attached to an aromatic ring is 1. The van der Waals surface area contributed by atoms with Crippen LogP contribution < -0.4 is 16.4 Å². The zero-order valence-corrected chi connectivity index (χ0v) is 11.1. The molecule has 1 aliphatic carbocycles. The second-order valence-corrected chi connectivity index (χ2v) is 5.02. The van der Waals surface area contributed by atoms with Gasteiger partial charge in [0.15, 0.2) is 0 Å². The van der Waals surface area contributed by atoms with Crippen LogP contribution in [0.25, 0.3) is 0 Å². The van der Waals surface area contributed by atoms with Crippen LogP contribution in [0.5, 0.6) is 0 Å². The highest BCUT2D eigenvalue weighted by Gasteiger charge is 2.30. The number of nitrogens with two attached hydrogens (primary N) is 2. The molecule has 0 aromatic heterocycles. The highest BCUT2D eigenvalue weighted by Crippen LogP contribution is 2.37. The molecule has 0 fully saturated rings. The van der Waals surface area contributed by atoms with Crippen molar-refractivity contribution >= 4 is 11.4 Å². The summed E-state index contributed by atoms with van der Waals surface area (Å²) in [6, 6.07) is 6.14. The second-order valence-electron chi connectivity index (χ2n) is 5.02. The van der Waals surface area contributed by atoms with Gasteiger partial charge in [0.2, 0.25) is 0 Å². The minimum atomic E-state index is -0.162. The molecule has 0 heterocycles. The van der Waals surface area contributed by atoms with Gasteiger partial charge in [-0.3, -0.25) is 0 Å². The first-order valence-corrected chi connectivity index (χ1v) is 6.21. The van der Waals surface area contributed by atoms with Gasteiger partial charge in [0.05, 0.1) is 0 Å². The third-order valence-electron chi connectivity index (χ3n) is 3.60. The molecule has 1 atom stereocenters. The maximum atomic E-state index is 6.15. The van der Waals surface area contributed by atoms with E-state index in [1.54, 1.807) is 0 Å². The molecule has 0 radical (unpaired) electrons. The van der Waals surface area contributed by atoms with Gasteiger partial charge in [0.25, 0.3) is 0 Å². The Labute approximate surface area is 109 Å². The van der Waals surface area contributed by atoms with E-state index in [1.165, 1.54) is 0 Å². The van der Waals surface area contributed by atoms with Crippen LogP contribution in [-0.2, 0) is 5.41 Å². The third-order valence-corrected chi connectivity index (χ3v) is 3.60. The van der Waals surface area contributed by atoms with Crippen LogP contribution in [-0.4, -0.2) is 20.6 Å². The van der Waals surface area contributed by atoms with Crippen molar-refractivity contribution in [1.29, 1.82) is 0 Å². The summed E-state index contributed by atoms with van der Waals surface area (Å²) in [5, 5.41) is 0. The van der Waals surface area contributed by atoms with E-state index in [4.69, 9.17) is 11.5 Å². The van der Waals surface area contributed by atoms with E-state index in [-0.39, 0.29) is 5.41 Å². The van der Waals surface area contributed by atoms with Crippen molar-refractivity contribution < 1.29 is 0 Å². The van der Waals surface area contributed by atoms with Crippen molar-refractivity contribution in [2.75, 3.05) is 31.3 Å². The molecule has 1 aliphatic rings. The monoisotopic (exact) mass is 243 g/mol. The lowest BCUT2D eigenvalue weighted by molar-refractivity contribution is 0.552. The lowest BCUT2D eigenvalue weighted by Gasteiger charge is -2.32. The molecule has 0 spiro atoms. The van der Waals surface area contributed by atoms with E-state index in [0.29, 0.717) is 6.54 Å². The summed E-state index contributed by atoms with van der Waals surface area (Å²) in [5.41, 5.74) is 15.1. The summed E-state index contributed by atoms with van der Waals surface area (Å²) >= 11 is 0. The lowest BCUT2D eigenvalue weighted by Crippen LogP contribution is -2.34. The highest BCUT2D eigenvalue weighted by molar-refractivity contribution is 5.62. The van der Waals surface area contributed by atoms with Gasteiger partial charge in [-0.2, -0.15) is 0 Å². The zero-order chi connectivity index (χ0) is 13.2. The molecule has 0 bridgehead atoms. The molecule has 1 aromatic rings. The topological polar surface area (TPSA) is 55.3 Å². The fourth-order valence-electron chi connectivity index (χ4n) is 2.38. The minimum absolute atomic E-state index is 0.162. The summed E-state index contributed by atoms with van der Waals surface area (Å²) in [6.45, 7) is 0.564. The molecular weight excluding hydrogens is 222 g/mol. The first-order chi connectivity index (χ1) is 8.59. The quantitative estimate of drug-likeness (QED) is 0.799. The van der Waals surface area contributed by atoms with E-state index in [1.807, 2.05) is 26.2 Å². The van der Waals surface area contributed by atoms with E-state index in [2.05, 4.69) is 35.3 Å². The van der Waals surface area contributed by atoms with Crippen molar-refractivity contribution in [1.82, 2.24) is 0 Å². The Morgan fingerprint density at radius 3 is 2.61 bits per heavy atom. The number of anilines is 2. The second kappa shape index (κ2) is 4.86. The molecular formula is C15H21N3.